The topological polar surface area (TPSA) is 159 Å². The predicted molar refractivity (Wildman–Crippen MR) is 137 cm³/mol. The first-order chi connectivity index (χ1) is 17.5. The zero-order chi connectivity index (χ0) is 28.4. The highest BCUT2D eigenvalue weighted by Crippen LogP contribution is 2.16. The normalized spacial score (nSPS) is 11.6. The van der Waals surface area contributed by atoms with Gasteiger partial charge in [0.25, 0.3) is 11.8 Å². The standard InChI is InChI=1S/C25H31N7O6/c1-14-12-18(29-31(14)22(35)37-24(3,4)5)27-20(33)16-10-9-11-17(26-16)21(34)28-19-13-15(2)32(30-19)23(36)38-25(6,7)8/h9-13H,1-8H3,(H,27,29,33)(H,28,30,34). The highest BCUT2D eigenvalue weighted by Gasteiger charge is 2.23. The molecule has 0 unspecified atom stereocenters. The third kappa shape index (κ3) is 7.24. The van der Waals surface area contributed by atoms with Gasteiger partial charge in [0.05, 0.1) is 0 Å². The Morgan fingerprint density at radius 1 is 0.711 bits per heavy atom. The molecule has 13 heteroatoms. The molecule has 0 aromatic carbocycles. The highest BCUT2D eigenvalue weighted by molar-refractivity contribution is 6.05. The number of nitrogens with one attached hydrogen (secondary N) is 2. The molecule has 38 heavy (non-hydrogen) atoms. The molecule has 0 aliphatic heterocycles. The summed E-state index contributed by atoms with van der Waals surface area (Å²) in [6.07, 6.45) is -1.37. The van der Waals surface area contributed by atoms with E-state index < -0.39 is 35.2 Å². The fourth-order valence-corrected chi connectivity index (χ4v) is 3.10. The fourth-order valence-electron chi connectivity index (χ4n) is 3.10. The van der Waals surface area contributed by atoms with E-state index >= 15 is 0 Å². The maximum atomic E-state index is 12.8. The summed E-state index contributed by atoms with van der Waals surface area (Å²) < 4.78 is 12.7. The van der Waals surface area contributed by atoms with Gasteiger partial charge >= 0.3 is 12.2 Å². The Balaban J connectivity index is 1.70. The summed E-state index contributed by atoms with van der Waals surface area (Å²) >= 11 is 0. The van der Waals surface area contributed by atoms with Crippen LogP contribution in [0.4, 0.5) is 21.2 Å². The molecule has 3 heterocycles. The Kier molecular flexibility index (Phi) is 7.70. The van der Waals surface area contributed by atoms with E-state index in [1.807, 2.05) is 0 Å². The number of pyridine rings is 1. The van der Waals surface area contributed by atoms with Gasteiger partial charge in [-0.15, -0.1) is 10.2 Å². The lowest BCUT2D eigenvalue weighted by atomic mass is 10.2. The fraction of sp³-hybridized carbons (Fsp3) is 0.400. The van der Waals surface area contributed by atoms with Crippen LogP contribution < -0.4 is 10.6 Å². The molecule has 3 aromatic heterocycles. The Bertz CT molecular complexity index is 1290. The summed E-state index contributed by atoms with van der Waals surface area (Å²) in [5.74, 6) is -1.06. The Labute approximate surface area is 219 Å². The highest BCUT2D eigenvalue weighted by atomic mass is 16.6. The van der Waals surface area contributed by atoms with Crippen molar-refractivity contribution in [2.75, 3.05) is 10.6 Å². The number of amides is 2. The van der Waals surface area contributed by atoms with Crippen LogP contribution in [0.1, 0.15) is 73.9 Å². The van der Waals surface area contributed by atoms with Crippen LogP contribution in [0.2, 0.25) is 0 Å². The van der Waals surface area contributed by atoms with Crippen LogP contribution in [0.5, 0.6) is 0 Å². The van der Waals surface area contributed by atoms with Gasteiger partial charge < -0.3 is 20.1 Å². The average molecular weight is 526 g/mol. The first-order valence-electron chi connectivity index (χ1n) is 11.7. The minimum absolute atomic E-state index is 0.0578. The Morgan fingerprint density at radius 2 is 1.08 bits per heavy atom. The lowest BCUT2D eigenvalue weighted by molar-refractivity contribution is 0.0500. The van der Waals surface area contributed by atoms with Crippen molar-refractivity contribution >= 4 is 35.6 Å². The predicted octanol–water partition coefficient (Wildman–Crippen LogP) is 4.16. The third-order valence-electron chi connectivity index (χ3n) is 4.61. The minimum Gasteiger partial charge on any atom is -0.442 e. The van der Waals surface area contributed by atoms with Gasteiger partial charge in [0.2, 0.25) is 0 Å². The van der Waals surface area contributed by atoms with Crippen molar-refractivity contribution in [2.45, 2.75) is 66.6 Å². The second kappa shape index (κ2) is 10.4. The van der Waals surface area contributed by atoms with Gasteiger partial charge in [-0.25, -0.2) is 14.6 Å². The molecule has 0 aliphatic carbocycles. The van der Waals surface area contributed by atoms with Gasteiger partial charge in [0, 0.05) is 23.5 Å². The van der Waals surface area contributed by atoms with Crippen LogP contribution in [0, 0.1) is 13.8 Å². The van der Waals surface area contributed by atoms with Gasteiger partial charge in [0.15, 0.2) is 11.6 Å². The third-order valence-corrected chi connectivity index (χ3v) is 4.61. The maximum Gasteiger partial charge on any atom is 0.435 e. The molecule has 13 nitrogen and oxygen atoms in total. The van der Waals surface area contributed by atoms with Gasteiger partial charge in [-0.3, -0.25) is 9.59 Å². The van der Waals surface area contributed by atoms with Crippen molar-refractivity contribution in [1.82, 2.24) is 24.5 Å². The number of hydrogen-bond acceptors (Lipinski definition) is 9. The van der Waals surface area contributed by atoms with E-state index in [4.69, 9.17) is 9.47 Å². The van der Waals surface area contributed by atoms with Crippen molar-refractivity contribution < 1.29 is 28.7 Å². The number of aromatic nitrogens is 5. The molecule has 3 aromatic rings. The molecule has 0 atom stereocenters. The van der Waals surface area contributed by atoms with Gasteiger partial charge in [-0.2, -0.15) is 9.36 Å². The largest absolute Gasteiger partial charge is 0.442 e. The van der Waals surface area contributed by atoms with Crippen molar-refractivity contribution in [3.8, 4) is 0 Å². The van der Waals surface area contributed by atoms with E-state index in [9.17, 15) is 19.2 Å². The lowest BCUT2D eigenvalue weighted by Gasteiger charge is -2.19. The van der Waals surface area contributed by atoms with Gasteiger partial charge in [-0.05, 0) is 67.5 Å². The number of anilines is 2. The van der Waals surface area contributed by atoms with Crippen molar-refractivity contribution in [1.29, 1.82) is 0 Å². The zero-order valence-electron chi connectivity index (χ0n) is 22.6. The van der Waals surface area contributed by atoms with Crippen LogP contribution in [0.25, 0.3) is 0 Å². The molecular formula is C25H31N7O6. The molecule has 0 spiro atoms. The molecule has 2 amide bonds. The molecule has 2 N–H and O–H groups in total. The first kappa shape index (κ1) is 28.0. The monoisotopic (exact) mass is 525 g/mol. The molecule has 0 radical (unpaired) electrons. The van der Waals surface area contributed by atoms with E-state index in [1.165, 1.54) is 30.3 Å². The van der Waals surface area contributed by atoms with Crippen LogP contribution in [-0.2, 0) is 9.47 Å². The SMILES string of the molecule is Cc1cc(NC(=O)c2cccc(C(=O)Nc3cc(C)n(C(=O)OC(C)(C)C)n3)n2)nn1C(=O)OC(C)(C)C. The smallest absolute Gasteiger partial charge is 0.435 e. The van der Waals surface area contributed by atoms with Crippen LogP contribution in [-0.4, -0.2) is 59.7 Å². The second-order valence-corrected chi connectivity index (χ2v) is 10.4. The van der Waals surface area contributed by atoms with E-state index in [0.717, 1.165) is 9.36 Å². The summed E-state index contributed by atoms with van der Waals surface area (Å²) in [6.45, 7) is 13.7. The van der Waals surface area contributed by atoms with Crippen molar-refractivity contribution in [3.63, 3.8) is 0 Å². The molecule has 0 bridgehead atoms. The zero-order valence-corrected chi connectivity index (χ0v) is 22.6. The summed E-state index contributed by atoms with van der Waals surface area (Å²) in [5.41, 5.74) is -0.629. The molecule has 0 fully saturated rings. The maximum absolute atomic E-state index is 12.8. The minimum atomic E-state index is -0.712. The number of rotatable bonds is 4. The molecule has 0 aliphatic rings. The average Bonchev–Trinajstić information content (AvgIpc) is 3.33. The second-order valence-electron chi connectivity index (χ2n) is 10.4. The number of carbonyl (C=O) groups excluding carboxylic acids is 4. The number of hydrogen-bond donors (Lipinski definition) is 2. The quantitative estimate of drug-likeness (QED) is 0.510. The van der Waals surface area contributed by atoms with Crippen LogP contribution >= 0.6 is 0 Å². The van der Waals surface area contributed by atoms with Gasteiger partial charge in [-0.1, -0.05) is 6.07 Å². The lowest BCUT2D eigenvalue weighted by Crippen LogP contribution is -2.28. The molecule has 0 saturated heterocycles. The Morgan fingerprint density at radius 3 is 1.42 bits per heavy atom. The Hall–Kier alpha value is -4.55. The van der Waals surface area contributed by atoms with Crippen molar-refractivity contribution in [3.05, 3.63) is 53.1 Å². The van der Waals surface area contributed by atoms with E-state index in [0.29, 0.717) is 11.4 Å². The number of aryl methyl sites for hydroxylation is 2. The number of nitrogens with zero attached hydrogens (tertiary/aromatic N) is 5. The van der Waals surface area contributed by atoms with E-state index in [-0.39, 0.29) is 23.0 Å². The molecule has 202 valence electrons. The number of ether oxygens (including phenoxy) is 2. The summed E-state index contributed by atoms with van der Waals surface area (Å²) in [4.78, 5) is 54.3. The van der Waals surface area contributed by atoms with E-state index in [2.05, 4.69) is 25.8 Å². The summed E-state index contributed by atoms with van der Waals surface area (Å²) in [6, 6.07) is 7.34. The van der Waals surface area contributed by atoms with Crippen LogP contribution in [0.3, 0.4) is 0 Å². The van der Waals surface area contributed by atoms with Crippen molar-refractivity contribution in [2.24, 2.45) is 0 Å². The summed E-state index contributed by atoms with van der Waals surface area (Å²) in [7, 11) is 0. The molecule has 3 rings (SSSR count). The first-order valence-corrected chi connectivity index (χ1v) is 11.7. The van der Waals surface area contributed by atoms with E-state index in [1.54, 1.807) is 55.4 Å². The molecule has 0 saturated carbocycles. The summed E-state index contributed by atoms with van der Waals surface area (Å²) in [5, 5.41) is 13.3. The number of carbonyl (C=O) groups is 4. The molecular weight excluding hydrogens is 494 g/mol. The van der Waals surface area contributed by atoms with Crippen LogP contribution in [0.15, 0.2) is 30.3 Å². The van der Waals surface area contributed by atoms with Gasteiger partial charge in [0.1, 0.15) is 22.6 Å².